The summed E-state index contributed by atoms with van der Waals surface area (Å²) in [7, 11) is 2.05. The van der Waals surface area contributed by atoms with Crippen molar-refractivity contribution in [3.8, 4) is 0 Å². The van der Waals surface area contributed by atoms with Gasteiger partial charge in [-0.15, -0.1) is 0 Å². The van der Waals surface area contributed by atoms with Crippen LogP contribution < -0.4 is 15.5 Å². The van der Waals surface area contributed by atoms with Crippen molar-refractivity contribution in [2.75, 3.05) is 25.0 Å². The van der Waals surface area contributed by atoms with Crippen molar-refractivity contribution in [1.82, 2.24) is 10.6 Å². The van der Waals surface area contributed by atoms with Crippen LogP contribution in [0.25, 0.3) is 0 Å². The molecular formula is C19H27N3O3. The van der Waals surface area contributed by atoms with Gasteiger partial charge >= 0.3 is 11.8 Å². The van der Waals surface area contributed by atoms with Gasteiger partial charge in [-0.1, -0.05) is 31.4 Å². The van der Waals surface area contributed by atoms with Crippen LogP contribution >= 0.6 is 0 Å². The fourth-order valence-electron chi connectivity index (χ4n) is 3.68. The van der Waals surface area contributed by atoms with Gasteiger partial charge in [-0.3, -0.25) is 9.59 Å². The first kappa shape index (κ1) is 17.7. The van der Waals surface area contributed by atoms with Gasteiger partial charge in [0, 0.05) is 31.9 Å². The molecule has 25 heavy (non-hydrogen) atoms. The van der Waals surface area contributed by atoms with Crippen molar-refractivity contribution in [3.63, 3.8) is 0 Å². The molecule has 136 valence electrons. The maximum Gasteiger partial charge on any atom is 0.309 e. The summed E-state index contributed by atoms with van der Waals surface area (Å²) in [5, 5.41) is 15.6. The Bertz CT molecular complexity index is 641. The Morgan fingerprint density at radius 1 is 1.24 bits per heavy atom. The molecular weight excluding hydrogens is 318 g/mol. The molecule has 1 atom stereocenters. The van der Waals surface area contributed by atoms with Gasteiger partial charge in [0.15, 0.2) is 0 Å². The summed E-state index contributed by atoms with van der Waals surface area (Å²) >= 11 is 0. The number of aliphatic hydroxyl groups excluding tert-OH is 1. The molecule has 1 saturated carbocycles. The maximum absolute atomic E-state index is 11.9. The lowest BCUT2D eigenvalue weighted by Crippen LogP contribution is -2.46. The summed E-state index contributed by atoms with van der Waals surface area (Å²) in [5.41, 5.74) is 3.16. The molecule has 2 aliphatic rings. The van der Waals surface area contributed by atoms with Crippen molar-refractivity contribution >= 4 is 17.5 Å². The number of anilines is 1. The van der Waals surface area contributed by atoms with Crippen LogP contribution in [0.15, 0.2) is 18.2 Å². The number of aliphatic hydroxyl groups is 1. The lowest BCUT2D eigenvalue weighted by molar-refractivity contribution is -0.140. The molecule has 1 aromatic carbocycles. The molecule has 6 nitrogen and oxygen atoms in total. The van der Waals surface area contributed by atoms with Gasteiger partial charge in [-0.25, -0.2) is 0 Å². The molecule has 0 aromatic heterocycles. The number of amides is 2. The van der Waals surface area contributed by atoms with Gasteiger partial charge in [0.05, 0.1) is 6.10 Å². The summed E-state index contributed by atoms with van der Waals surface area (Å²) in [6.07, 6.45) is 5.40. The second kappa shape index (κ2) is 7.87. The third-order valence-electron chi connectivity index (χ3n) is 5.22. The number of hydrogen-bond donors (Lipinski definition) is 3. The van der Waals surface area contributed by atoms with Crippen LogP contribution in [0.4, 0.5) is 5.69 Å². The Morgan fingerprint density at radius 2 is 2.00 bits per heavy atom. The molecule has 2 amide bonds. The molecule has 6 heteroatoms. The van der Waals surface area contributed by atoms with E-state index in [4.69, 9.17) is 0 Å². The number of nitrogens with zero attached hydrogens (tertiary/aromatic N) is 1. The SMILES string of the molecule is CN1CCc2cc(C(O)CNC(=O)C(=O)NC3CCCCC3)ccc21. The van der Waals surface area contributed by atoms with Gasteiger partial charge in [0.1, 0.15) is 0 Å². The first-order valence-corrected chi connectivity index (χ1v) is 9.15. The topological polar surface area (TPSA) is 81.7 Å². The fraction of sp³-hybridized carbons (Fsp3) is 0.579. The Hall–Kier alpha value is -2.08. The van der Waals surface area contributed by atoms with E-state index >= 15 is 0 Å². The second-order valence-electron chi connectivity index (χ2n) is 7.09. The third-order valence-corrected chi connectivity index (χ3v) is 5.22. The average Bonchev–Trinajstić information content (AvgIpc) is 3.00. The molecule has 3 N–H and O–H groups in total. The summed E-state index contributed by atoms with van der Waals surface area (Å²) in [5.74, 6) is -1.28. The van der Waals surface area contributed by atoms with Crippen LogP contribution in [0.5, 0.6) is 0 Å². The third kappa shape index (κ3) is 4.31. The molecule has 1 aromatic rings. The smallest absolute Gasteiger partial charge is 0.309 e. The molecule has 0 saturated heterocycles. The van der Waals surface area contributed by atoms with Crippen molar-refractivity contribution in [2.45, 2.75) is 50.7 Å². The molecule has 3 rings (SSSR count). The minimum Gasteiger partial charge on any atom is -0.387 e. The summed E-state index contributed by atoms with van der Waals surface area (Å²) in [6.45, 7) is 1.01. The minimum absolute atomic E-state index is 0.0333. The van der Waals surface area contributed by atoms with Gasteiger partial charge in [0.25, 0.3) is 0 Å². The Kier molecular flexibility index (Phi) is 5.58. The molecule has 1 aliphatic heterocycles. The van der Waals surface area contributed by atoms with Gasteiger partial charge < -0.3 is 20.6 Å². The Morgan fingerprint density at radius 3 is 2.76 bits per heavy atom. The average molecular weight is 345 g/mol. The number of rotatable bonds is 4. The highest BCUT2D eigenvalue weighted by molar-refractivity contribution is 6.35. The van der Waals surface area contributed by atoms with Crippen LogP contribution in [0.2, 0.25) is 0 Å². The molecule has 1 unspecified atom stereocenters. The van der Waals surface area contributed by atoms with E-state index in [-0.39, 0.29) is 12.6 Å². The minimum atomic E-state index is -0.817. The molecule has 0 bridgehead atoms. The highest BCUT2D eigenvalue weighted by atomic mass is 16.3. The number of carbonyl (C=O) groups excluding carboxylic acids is 2. The first-order valence-electron chi connectivity index (χ1n) is 9.15. The van der Waals surface area contributed by atoms with E-state index in [0.29, 0.717) is 0 Å². The van der Waals surface area contributed by atoms with Crippen molar-refractivity contribution in [2.24, 2.45) is 0 Å². The number of nitrogens with one attached hydrogen (secondary N) is 2. The Balaban J connectivity index is 1.49. The lowest BCUT2D eigenvalue weighted by atomic mass is 9.95. The number of hydrogen-bond acceptors (Lipinski definition) is 4. The van der Waals surface area contributed by atoms with Gasteiger partial charge in [-0.2, -0.15) is 0 Å². The molecule has 0 spiro atoms. The van der Waals surface area contributed by atoms with E-state index in [9.17, 15) is 14.7 Å². The first-order chi connectivity index (χ1) is 12.0. The van der Waals surface area contributed by atoms with Crippen molar-refractivity contribution in [1.29, 1.82) is 0 Å². The Labute approximate surface area is 148 Å². The van der Waals surface area contributed by atoms with Crippen LogP contribution in [0.1, 0.15) is 49.3 Å². The molecule has 1 aliphatic carbocycles. The van der Waals surface area contributed by atoms with Crippen molar-refractivity contribution in [3.05, 3.63) is 29.3 Å². The maximum atomic E-state index is 11.9. The predicted octanol–water partition coefficient (Wildman–Crippen LogP) is 1.28. The van der Waals surface area contributed by atoms with Crippen LogP contribution in [0.3, 0.4) is 0 Å². The molecule has 1 fully saturated rings. The lowest BCUT2D eigenvalue weighted by Gasteiger charge is -2.22. The zero-order valence-electron chi connectivity index (χ0n) is 14.8. The van der Waals surface area contributed by atoms with E-state index in [1.807, 2.05) is 25.2 Å². The summed E-state index contributed by atoms with van der Waals surface area (Å²) < 4.78 is 0. The van der Waals surface area contributed by atoms with Gasteiger partial charge in [-0.05, 0) is 36.5 Å². The standard InChI is InChI=1S/C19H27N3O3/c1-22-10-9-13-11-14(7-8-16(13)22)17(23)12-20-18(24)19(25)21-15-5-3-2-4-6-15/h7-8,11,15,17,23H,2-6,9-10,12H2,1H3,(H,20,24)(H,21,25). The monoisotopic (exact) mass is 345 g/mol. The highest BCUT2D eigenvalue weighted by Gasteiger charge is 2.22. The van der Waals surface area contributed by atoms with E-state index in [1.54, 1.807) is 0 Å². The predicted molar refractivity (Wildman–Crippen MR) is 96.4 cm³/mol. The normalized spacial score (nSPS) is 18.6. The van der Waals surface area contributed by atoms with E-state index in [2.05, 4.69) is 15.5 Å². The van der Waals surface area contributed by atoms with E-state index < -0.39 is 17.9 Å². The zero-order chi connectivity index (χ0) is 17.8. The van der Waals surface area contributed by atoms with Gasteiger partial charge in [0.2, 0.25) is 0 Å². The quantitative estimate of drug-likeness (QED) is 0.718. The highest BCUT2D eigenvalue weighted by Crippen LogP contribution is 2.29. The summed E-state index contributed by atoms with van der Waals surface area (Å²) in [4.78, 5) is 26.1. The van der Waals surface area contributed by atoms with Crippen LogP contribution in [-0.2, 0) is 16.0 Å². The fourth-order valence-corrected chi connectivity index (χ4v) is 3.68. The number of likely N-dealkylation sites (N-methyl/N-ethyl adjacent to an activating group) is 1. The number of fused-ring (bicyclic) bond motifs is 1. The molecule has 1 heterocycles. The summed E-state index contributed by atoms with van der Waals surface area (Å²) in [6, 6.07) is 5.96. The largest absolute Gasteiger partial charge is 0.387 e. The van der Waals surface area contributed by atoms with Crippen LogP contribution in [-0.4, -0.2) is 43.1 Å². The molecule has 0 radical (unpaired) electrons. The van der Waals surface area contributed by atoms with Crippen LogP contribution in [0, 0.1) is 0 Å². The zero-order valence-corrected chi connectivity index (χ0v) is 14.8. The van der Waals surface area contributed by atoms with Crippen molar-refractivity contribution < 1.29 is 14.7 Å². The number of carbonyl (C=O) groups is 2. The van der Waals surface area contributed by atoms with E-state index in [0.717, 1.165) is 44.2 Å². The number of benzene rings is 1. The van der Waals surface area contributed by atoms with E-state index in [1.165, 1.54) is 17.7 Å². The second-order valence-corrected chi connectivity index (χ2v) is 7.09.